The number of benzene rings is 1. The molecule has 0 aliphatic carbocycles. The molecule has 0 aromatic heterocycles. The molecule has 2 fully saturated rings. The Bertz CT molecular complexity index is 545. The van der Waals surface area contributed by atoms with Gasteiger partial charge in [0.05, 0.1) is 5.54 Å². The molecule has 2 heterocycles. The Kier molecular flexibility index (Phi) is 3.52. The summed E-state index contributed by atoms with van der Waals surface area (Å²) >= 11 is 10.8. The number of piperidine rings is 1. The van der Waals surface area contributed by atoms with Crippen LogP contribution in [0, 0.1) is 5.92 Å². The second-order valence-electron chi connectivity index (χ2n) is 5.75. The van der Waals surface area contributed by atoms with Crippen molar-refractivity contribution in [2.75, 3.05) is 13.6 Å². The van der Waals surface area contributed by atoms with Gasteiger partial charge in [0.25, 0.3) is 0 Å². The predicted molar refractivity (Wildman–Crippen MR) is 89.8 cm³/mol. The average Bonchev–Trinajstić information content (AvgIpc) is 2.72. The van der Waals surface area contributed by atoms with Crippen molar-refractivity contribution < 1.29 is 0 Å². The quantitative estimate of drug-likeness (QED) is 0.776. The van der Waals surface area contributed by atoms with Crippen molar-refractivity contribution in [2.45, 2.75) is 24.9 Å². The lowest BCUT2D eigenvalue weighted by molar-refractivity contribution is 0.0838. The molecule has 2 aliphatic rings. The maximum Gasteiger partial charge on any atom is 0.172 e. The van der Waals surface area contributed by atoms with Crippen LogP contribution in [-0.4, -0.2) is 34.1 Å². The van der Waals surface area contributed by atoms with E-state index >= 15 is 0 Å². The fourth-order valence-corrected chi connectivity index (χ4v) is 4.36. The number of hydrogen-bond donors (Lipinski definition) is 2. The van der Waals surface area contributed by atoms with Gasteiger partial charge in [-0.15, -0.1) is 0 Å². The summed E-state index contributed by atoms with van der Waals surface area (Å²) in [7, 11) is 2.19. The van der Waals surface area contributed by atoms with Gasteiger partial charge in [0.15, 0.2) is 5.11 Å². The molecule has 20 heavy (non-hydrogen) atoms. The van der Waals surface area contributed by atoms with Crippen LogP contribution in [0.1, 0.15) is 24.9 Å². The minimum atomic E-state index is -0.195. The molecule has 3 rings (SSSR count). The molecule has 0 saturated carbocycles. The van der Waals surface area contributed by atoms with Gasteiger partial charge in [-0.25, -0.2) is 0 Å². The van der Waals surface area contributed by atoms with Crippen LogP contribution < -0.4 is 10.6 Å². The van der Waals surface area contributed by atoms with E-state index < -0.39 is 0 Å². The highest BCUT2D eigenvalue weighted by atomic mass is 32.1. The lowest BCUT2D eigenvalue weighted by atomic mass is 9.72. The summed E-state index contributed by atoms with van der Waals surface area (Å²) in [6.07, 6.45) is 0.986. The summed E-state index contributed by atoms with van der Waals surface area (Å²) in [4.78, 5) is 3.26. The van der Waals surface area contributed by atoms with E-state index in [-0.39, 0.29) is 5.54 Å². The van der Waals surface area contributed by atoms with Crippen LogP contribution in [0.4, 0.5) is 0 Å². The van der Waals surface area contributed by atoms with Crippen LogP contribution in [0.25, 0.3) is 0 Å². The van der Waals surface area contributed by atoms with E-state index in [0.29, 0.717) is 17.1 Å². The van der Waals surface area contributed by atoms with Gasteiger partial charge in [-0.3, -0.25) is 4.90 Å². The Morgan fingerprint density at radius 3 is 2.55 bits per heavy atom. The normalized spacial score (nSPS) is 34.1. The molecule has 3 nitrogen and oxygen atoms in total. The molecule has 2 aliphatic heterocycles. The number of hydrogen-bond acceptors (Lipinski definition) is 3. The highest BCUT2D eigenvalue weighted by Gasteiger charge is 2.52. The molecule has 3 atom stereocenters. The molecule has 2 N–H and O–H groups in total. The molecule has 106 valence electrons. The third kappa shape index (κ3) is 2.05. The third-order valence-electron chi connectivity index (χ3n) is 4.69. The topological polar surface area (TPSA) is 27.3 Å². The standard InChI is InChI=1S/C15H19N3S2/c1-10-12(11-6-4-3-5-7-11)18(2)9-8-15(10)13(19)16-14(20)17-15/h3-7,10,12H,8-9H2,1-2H3,(H2,16,17,19,20)/t10-,12+,15+/m1/s1. The van der Waals surface area contributed by atoms with E-state index in [2.05, 4.69) is 59.8 Å². The highest BCUT2D eigenvalue weighted by molar-refractivity contribution is 7.82. The Morgan fingerprint density at radius 1 is 1.25 bits per heavy atom. The first-order valence-corrected chi connectivity index (χ1v) is 7.75. The van der Waals surface area contributed by atoms with Crippen molar-refractivity contribution in [3.63, 3.8) is 0 Å². The molecule has 5 heteroatoms. The molecule has 0 radical (unpaired) electrons. The van der Waals surface area contributed by atoms with E-state index in [0.717, 1.165) is 18.0 Å². The van der Waals surface area contributed by atoms with Crippen LogP contribution in [0.3, 0.4) is 0 Å². The lowest BCUT2D eigenvalue weighted by Crippen LogP contribution is -2.60. The zero-order chi connectivity index (χ0) is 14.3. The van der Waals surface area contributed by atoms with E-state index in [1.807, 2.05) is 0 Å². The Hall–Kier alpha value is -1.04. The summed E-state index contributed by atoms with van der Waals surface area (Å²) < 4.78 is 0. The monoisotopic (exact) mass is 305 g/mol. The molecular weight excluding hydrogens is 286 g/mol. The van der Waals surface area contributed by atoms with Gasteiger partial charge in [0, 0.05) is 18.5 Å². The predicted octanol–water partition coefficient (Wildman–Crippen LogP) is 2.24. The van der Waals surface area contributed by atoms with Gasteiger partial charge in [-0.1, -0.05) is 49.5 Å². The lowest BCUT2D eigenvalue weighted by Gasteiger charge is -2.48. The van der Waals surface area contributed by atoms with E-state index in [1.165, 1.54) is 5.56 Å². The van der Waals surface area contributed by atoms with Gasteiger partial charge in [-0.2, -0.15) is 0 Å². The molecule has 0 bridgehead atoms. The molecule has 1 aromatic rings. The smallest absolute Gasteiger partial charge is 0.172 e. The largest absolute Gasteiger partial charge is 0.350 e. The second kappa shape index (κ2) is 5.06. The van der Waals surface area contributed by atoms with Gasteiger partial charge in [0.1, 0.15) is 4.99 Å². The zero-order valence-corrected chi connectivity index (χ0v) is 13.4. The van der Waals surface area contributed by atoms with Crippen molar-refractivity contribution in [1.29, 1.82) is 0 Å². The van der Waals surface area contributed by atoms with Crippen LogP contribution in [0.15, 0.2) is 30.3 Å². The minimum Gasteiger partial charge on any atom is -0.350 e. The summed E-state index contributed by atoms with van der Waals surface area (Å²) in [6, 6.07) is 11.0. The number of nitrogens with zero attached hydrogens (tertiary/aromatic N) is 1. The first-order valence-electron chi connectivity index (χ1n) is 6.93. The van der Waals surface area contributed by atoms with Crippen molar-refractivity contribution in [3.05, 3.63) is 35.9 Å². The molecule has 1 spiro atoms. The molecular formula is C15H19N3S2. The van der Waals surface area contributed by atoms with Crippen LogP contribution in [0.5, 0.6) is 0 Å². The molecule has 2 saturated heterocycles. The van der Waals surface area contributed by atoms with Gasteiger partial charge in [-0.05, 0) is 31.2 Å². The SMILES string of the molecule is C[C@@H]1[C@@H](c2ccccc2)N(C)CC[C@]12NC(=S)NC2=S. The Labute approximate surface area is 130 Å². The summed E-state index contributed by atoms with van der Waals surface area (Å²) in [6.45, 7) is 3.27. The maximum absolute atomic E-state index is 5.57. The van der Waals surface area contributed by atoms with Crippen LogP contribution in [-0.2, 0) is 0 Å². The first kappa shape index (κ1) is 13.9. The highest BCUT2D eigenvalue weighted by Crippen LogP contribution is 2.42. The van der Waals surface area contributed by atoms with Crippen molar-refractivity contribution in [1.82, 2.24) is 15.5 Å². The fourth-order valence-electron chi connectivity index (χ4n) is 3.57. The summed E-state index contributed by atoms with van der Waals surface area (Å²) in [5.74, 6) is 0.351. The summed E-state index contributed by atoms with van der Waals surface area (Å²) in [5, 5.41) is 7.23. The van der Waals surface area contributed by atoms with Crippen molar-refractivity contribution in [3.8, 4) is 0 Å². The zero-order valence-electron chi connectivity index (χ0n) is 11.7. The first-order chi connectivity index (χ1) is 9.54. The Morgan fingerprint density at radius 2 is 1.95 bits per heavy atom. The van der Waals surface area contributed by atoms with E-state index in [1.54, 1.807) is 0 Å². The average molecular weight is 305 g/mol. The van der Waals surface area contributed by atoms with Crippen molar-refractivity contribution >= 4 is 34.5 Å². The number of nitrogens with one attached hydrogen (secondary N) is 2. The van der Waals surface area contributed by atoms with E-state index in [4.69, 9.17) is 24.4 Å². The number of thiocarbonyl (C=S) groups is 2. The molecule has 0 unspecified atom stereocenters. The minimum absolute atomic E-state index is 0.195. The van der Waals surface area contributed by atoms with Crippen LogP contribution >= 0.6 is 24.4 Å². The third-order valence-corrected chi connectivity index (χ3v) is 5.37. The van der Waals surface area contributed by atoms with Gasteiger partial charge >= 0.3 is 0 Å². The number of likely N-dealkylation sites (tertiary alicyclic amines) is 1. The molecule has 0 amide bonds. The van der Waals surface area contributed by atoms with E-state index in [9.17, 15) is 0 Å². The van der Waals surface area contributed by atoms with Crippen LogP contribution in [0.2, 0.25) is 0 Å². The fraction of sp³-hybridized carbons (Fsp3) is 0.467. The summed E-state index contributed by atoms with van der Waals surface area (Å²) in [5.41, 5.74) is 1.14. The Balaban J connectivity index is 1.99. The second-order valence-corrected chi connectivity index (χ2v) is 6.57. The number of rotatable bonds is 1. The maximum atomic E-state index is 5.57. The van der Waals surface area contributed by atoms with Crippen molar-refractivity contribution in [2.24, 2.45) is 5.92 Å². The molecule has 1 aromatic carbocycles. The van der Waals surface area contributed by atoms with Gasteiger partial charge in [0.2, 0.25) is 0 Å². The van der Waals surface area contributed by atoms with Gasteiger partial charge < -0.3 is 10.6 Å².